The van der Waals surface area contributed by atoms with E-state index in [9.17, 15) is 0 Å². The maximum atomic E-state index is 6.34. The maximum Gasteiger partial charge on any atom is 0.151 e. The third-order valence-corrected chi connectivity index (χ3v) is 13.5. The van der Waals surface area contributed by atoms with Crippen molar-refractivity contribution in [1.82, 2.24) is 4.57 Å². The van der Waals surface area contributed by atoms with Gasteiger partial charge in [-0.1, -0.05) is 78.9 Å². The van der Waals surface area contributed by atoms with Crippen LogP contribution in [0, 0.1) is 17.8 Å². The molecule has 0 saturated heterocycles. The van der Waals surface area contributed by atoms with Gasteiger partial charge in [0.1, 0.15) is 0 Å². The van der Waals surface area contributed by atoms with Crippen LogP contribution in [0.1, 0.15) is 44.1 Å². The van der Waals surface area contributed by atoms with Crippen LogP contribution in [0.2, 0.25) is 0 Å². The average Bonchev–Trinajstić information content (AvgIpc) is 3.57. The molecule has 4 fully saturated rings. The van der Waals surface area contributed by atoms with E-state index in [1.165, 1.54) is 66.0 Å². The summed E-state index contributed by atoms with van der Waals surface area (Å²) in [5, 5.41) is 2.52. The fourth-order valence-corrected chi connectivity index (χ4v) is 11.6. The number of hydrogen-bond acceptors (Lipinski definition) is 3. The van der Waals surface area contributed by atoms with Crippen LogP contribution in [0.15, 0.2) is 170 Å². The molecule has 4 saturated carbocycles. The normalized spacial score (nSPS) is 21.9. The molecule has 13 rings (SSSR count). The number of anilines is 6. The molecule has 4 nitrogen and oxygen atoms in total. The van der Waals surface area contributed by atoms with Crippen molar-refractivity contribution in [3.05, 3.63) is 175 Å². The van der Waals surface area contributed by atoms with Gasteiger partial charge >= 0.3 is 0 Å². The number of nitrogens with zero attached hydrogens (tertiary/aromatic N) is 3. The maximum absolute atomic E-state index is 6.34. The Morgan fingerprint density at radius 1 is 0.464 bits per heavy atom. The van der Waals surface area contributed by atoms with Gasteiger partial charge < -0.3 is 19.1 Å². The van der Waals surface area contributed by atoms with E-state index >= 15 is 0 Å². The summed E-state index contributed by atoms with van der Waals surface area (Å²) in [5.41, 5.74) is 12.1. The summed E-state index contributed by atoms with van der Waals surface area (Å²) in [6.07, 6.45) is 8.51. The number of para-hydroxylation sites is 6. The first-order chi connectivity index (χ1) is 27.7. The molecule has 4 heteroatoms. The number of ether oxygens (including phenoxy) is 1. The first-order valence-electron chi connectivity index (χ1n) is 20.4. The zero-order valence-electron chi connectivity index (χ0n) is 31.4. The minimum Gasteiger partial charge on any atom is -0.453 e. The zero-order chi connectivity index (χ0) is 36.8. The summed E-state index contributed by atoms with van der Waals surface area (Å²) < 4.78 is 8.76. The lowest BCUT2D eigenvalue weighted by Gasteiger charge is -2.57. The number of fused-ring (bicyclic) bond motifs is 5. The summed E-state index contributed by atoms with van der Waals surface area (Å²) >= 11 is 0. The molecule has 0 spiro atoms. The number of benzene rings is 7. The van der Waals surface area contributed by atoms with Crippen LogP contribution >= 0.6 is 0 Å². The van der Waals surface area contributed by atoms with E-state index in [1.807, 2.05) is 24.3 Å². The van der Waals surface area contributed by atoms with Crippen molar-refractivity contribution < 1.29 is 4.74 Å². The van der Waals surface area contributed by atoms with Crippen LogP contribution in [0.3, 0.4) is 0 Å². The van der Waals surface area contributed by atoms with E-state index in [-0.39, 0.29) is 0 Å². The largest absolute Gasteiger partial charge is 0.453 e. The van der Waals surface area contributed by atoms with Crippen LogP contribution in [-0.4, -0.2) is 4.57 Å². The molecule has 1 aromatic heterocycles. The third-order valence-electron chi connectivity index (χ3n) is 13.5. The Morgan fingerprint density at radius 2 is 1.00 bits per heavy atom. The lowest BCUT2D eigenvalue weighted by atomic mass is 9.48. The monoisotopic (exact) mass is 725 g/mol. The van der Waals surface area contributed by atoms with Crippen molar-refractivity contribution in [2.75, 3.05) is 9.80 Å². The van der Waals surface area contributed by atoms with Gasteiger partial charge in [-0.25, -0.2) is 0 Å². The van der Waals surface area contributed by atoms with E-state index in [1.54, 1.807) is 5.56 Å². The molecule has 0 unspecified atom stereocenters. The molecular formula is C52H43N3O. The van der Waals surface area contributed by atoms with Crippen LogP contribution < -0.4 is 14.5 Å². The van der Waals surface area contributed by atoms with Crippen molar-refractivity contribution >= 4 is 55.9 Å². The van der Waals surface area contributed by atoms with Crippen LogP contribution in [0.5, 0.6) is 11.5 Å². The molecule has 7 aromatic carbocycles. The summed E-state index contributed by atoms with van der Waals surface area (Å²) in [6.45, 7) is 0. The molecule has 0 atom stereocenters. The topological polar surface area (TPSA) is 20.6 Å². The second-order valence-corrected chi connectivity index (χ2v) is 16.9. The van der Waals surface area contributed by atoms with Gasteiger partial charge in [-0.05, 0) is 158 Å². The van der Waals surface area contributed by atoms with Crippen molar-refractivity contribution in [3.63, 3.8) is 0 Å². The molecule has 1 aliphatic heterocycles. The molecule has 8 aromatic rings. The van der Waals surface area contributed by atoms with Gasteiger partial charge in [0.25, 0.3) is 0 Å². The molecule has 0 N–H and O–H groups in total. The van der Waals surface area contributed by atoms with Gasteiger partial charge in [0, 0.05) is 39.2 Å². The minimum absolute atomic E-state index is 0.361. The first kappa shape index (κ1) is 32.0. The summed E-state index contributed by atoms with van der Waals surface area (Å²) in [4.78, 5) is 4.76. The fourth-order valence-electron chi connectivity index (χ4n) is 11.6. The number of rotatable bonds is 6. The molecule has 4 bridgehead atoms. The summed E-state index contributed by atoms with van der Waals surface area (Å²) in [7, 11) is 0. The van der Waals surface area contributed by atoms with Crippen molar-refractivity contribution in [1.29, 1.82) is 0 Å². The Labute approximate surface area is 328 Å². The molecule has 272 valence electrons. The van der Waals surface area contributed by atoms with Crippen molar-refractivity contribution in [2.24, 2.45) is 17.8 Å². The van der Waals surface area contributed by atoms with Gasteiger partial charge in [0.2, 0.25) is 0 Å². The van der Waals surface area contributed by atoms with Crippen LogP contribution in [0.4, 0.5) is 34.1 Å². The average molecular weight is 726 g/mol. The number of hydrogen-bond donors (Lipinski definition) is 0. The standard InChI is InChI=1S/C52H43N3O/c1-2-10-39(11-3-1)54-46-13-5-4-12-44(46)45-27-26-43(31-49(45)54)53(40-20-18-38(19-21-40)52-32-35-28-36(33-52)30-37(29-35)34-52)41-22-24-42(25-23-41)55-47-14-6-8-16-50(47)56-51-17-9-7-15-48(51)55/h1-27,31,35-37H,28-30,32-34H2. The molecule has 5 aliphatic rings. The Hall–Kier alpha value is -6.26. The molecule has 56 heavy (non-hydrogen) atoms. The zero-order valence-corrected chi connectivity index (χ0v) is 31.4. The van der Waals surface area contributed by atoms with Gasteiger partial charge in [0.15, 0.2) is 11.5 Å². The van der Waals surface area contributed by atoms with Crippen molar-refractivity contribution in [2.45, 2.75) is 43.9 Å². The van der Waals surface area contributed by atoms with E-state index in [4.69, 9.17) is 4.74 Å². The lowest BCUT2D eigenvalue weighted by Crippen LogP contribution is -2.48. The Balaban J connectivity index is 1.000. The fraction of sp³-hybridized carbons (Fsp3) is 0.192. The Morgan fingerprint density at radius 3 is 1.66 bits per heavy atom. The first-order valence-corrected chi connectivity index (χ1v) is 20.4. The summed E-state index contributed by atoms with van der Waals surface area (Å²) in [5.74, 6) is 4.48. The highest BCUT2D eigenvalue weighted by Gasteiger charge is 2.51. The van der Waals surface area contributed by atoms with E-state index in [0.29, 0.717) is 5.41 Å². The van der Waals surface area contributed by atoms with Gasteiger partial charge in [-0.15, -0.1) is 0 Å². The van der Waals surface area contributed by atoms with E-state index in [2.05, 4.69) is 160 Å². The van der Waals surface area contributed by atoms with E-state index in [0.717, 1.165) is 63.4 Å². The quantitative estimate of drug-likeness (QED) is 0.170. The van der Waals surface area contributed by atoms with Gasteiger partial charge in [0.05, 0.1) is 22.4 Å². The highest BCUT2D eigenvalue weighted by Crippen LogP contribution is 2.61. The second kappa shape index (κ2) is 12.4. The Bertz CT molecular complexity index is 2680. The van der Waals surface area contributed by atoms with Crippen molar-refractivity contribution in [3.8, 4) is 17.2 Å². The minimum atomic E-state index is 0.361. The molecule has 4 aliphatic carbocycles. The van der Waals surface area contributed by atoms with E-state index < -0.39 is 0 Å². The summed E-state index contributed by atoms with van der Waals surface area (Å²) in [6, 6.07) is 62.0. The van der Waals surface area contributed by atoms with Gasteiger partial charge in [-0.2, -0.15) is 0 Å². The molecular weight excluding hydrogens is 683 g/mol. The SMILES string of the molecule is c1ccc(-n2c3ccccc3c3ccc(N(c4ccc(N5c6ccccc6Oc6ccccc65)cc4)c4ccc(C56CC7CC(CC(C7)C5)C6)cc4)cc32)cc1. The molecule has 2 heterocycles. The predicted octanol–water partition coefficient (Wildman–Crippen LogP) is 14.3. The Kier molecular flexibility index (Phi) is 7.08. The molecule has 0 radical (unpaired) electrons. The highest BCUT2D eigenvalue weighted by molar-refractivity contribution is 6.10. The van der Waals surface area contributed by atoms with Crippen LogP contribution in [-0.2, 0) is 5.41 Å². The van der Waals surface area contributed by atoms with Crippen LogP contribution in [0.25, 0.3) is 27.5 Å². The lowest BCUT2D eigenvalue weighted by molar-refractivity contribution is -0.00518. The molecule has 0 amide bonds. The predicted molar refractivity (Wildman–Crippen MR) is 230 cm³/mol. The number of aromatic nitrogens is 1. The third kappa shape index (κ3) is 4.98. The smallest absolute Gasteiger partial charge is 0.151 e. The van der Waals surface area contributed by atoms with Gasteiger partial charge in [-0.3, -0.25) is 0 Å². The highest BCUT2D eigenvalue weighted by atomic mass is 16.5. The second-order valence-electron chi connectivity index (χ2n) is 16.9.